The number of benzene rings is 2. The van der Waals surface area contributed by atoms with Crippen LogP contribution in [0.2, 0.25) is 0 Å². The van der Waals surface area contributed by atoms with Gasteiger partial charge in [-0.2, -0.15) is 4.31 Å². The van der Waals surface area contributed by atoms with Crippen molar-refractivity contribution in [2.24, 2.45) is 0 Å². The van der Waals surface area contributed by atoms with Crippen LogP contribution in [-0.2, 0) is 21.2 Å². The fourth-order valence-corrected chi connectivity index (χ4v) is 5.70. The van der Waals surface area contributed by atoms with Gasteiger partial charge in [0.25, 0.3) is 0 Å². The van der Waals surface area contributed by atoms with Gasteiger partial charge in [-0.3, -0.25) is 9.69 Å². The third kappa shape index (κ3) is 4.78. The van der Waals surface area contributed by atoms with Crippen LogP contribution in [-0.4, -0.2) is 56.3 Å². The maximum absolute atomic E-state index is 13.5. The molecule has 0 radical (unpaired) electrons. The van der Waals surface area contributed by atoms with Crippen molar-refractivity contribution in [1.29, 1.82) is 0 Å². The number of rotatable bonds is 5. The first kappa shape index (κ1) is 21.9. The number of nitrogens with one attached hydrogen (secondary N) is 1. The molecule has 1 fully saturated rings. The largest absolute Gasteiger partial charge is 0.348 e. The number of fused-ring (bicyclic) bond motifs is 1. The molecule has 2 aromatic carbocycles. The predicted octanol–water partition coefficient (Wildman–Crippen LogP) is 2.46. The lowest BCUT2D eigenvalue weighted by Crippen LogP contribution is -2.51. The quantitative estimate of drug-likeness (QED) is 0.762. The van der Waals surface area contributed by atoms with Gasteiger partial charge < -0.3 is 5.32 Å². The van der Waals surface area contributed by atoms with E-state index in [0.717, 1.165) is 31.4 Å². The molecule has 166 valence electrons. The Morgan fingerprint density at radius 1 is 1.03 bits per heavy atom. The zero-order chi connectivity index (χ0) is 22.0. The predicted molar refractivity (Wildman–Crippen MR) is 112 cm³/mol. The number of nitrogens with zero attached hydrogens (tertiary/aromatic N) is 2. The summed E-state index contributed by atoms with van der Waals surface area (Å²) in [6.45, 7) is 1.33. The average Bonchev–Trinajstić information content (AvgIpc) is 2.76. The number of sulfonamides is 1. The van der Waals surface area contributed by atoms with Gasteiger partial charge >= 0.3 is 0 Å². The molecule has 0 unspecified atom stereocenters. The maximum Gasteiger partial charge on any atom is 0.243 e. The number of aryl methyl sites for hydroxylation is 1. The van der Waals surface area contributed by atoms with Gasteiger partial charge in [-0.25, -0.2) is 17.2 Å². The SMILES string of the molecule is O=C(CN1CCN(S(=O)(=O)c2ccc(F)c(F)c2)CC1)N[C@H]1CCCc2ccccc21. The average molecular weight is 450 g/mol. The van der Waals surface area contributed by atoms with E-state index >= 15 is 0 Å². The summed E-state index contributed by atoms with van der Waals surface area (Å²) in [5.41, 5.74) is 2.44. The van der Waals surface area contributed by atoms with Crippen molar-refractivity contribution >= 4 is 15.9 Å². The van der Waals surface area contributed by atoms with Crippen molar-refractivity contribution in [2.45, 2.75) is 30.2 Å². The molecule has 9 heteroatoms. The van der Waals surface area contributed by atoms with Crippen molar-refractivity contribution in [3.8, 4) is 0 Å². The zero-order valence-corrected chi connectivity index (χ0v) is 17.9. The molecule has 1 saturated heterocycles. The Bertz CT molecular complexity index is 1070. The van der Waals surface area contributed by atoms with Crippen LogP contribution in [0.4, 0.5) is 8.78 Å². The van der Waals surface area contributed by atoms with Crippen LogP contribution in [0.25, 0.3) is 0 Å². The molecule has 0 saturated carbocycles. The summed E-state index contributed by atoms with van der Waals surface area (Å²) < 4.78 is 53.2. The molecule has 0 aromatic heterocycles. The Morgan fingerprint density at radius 2 is 1.77 bits per heavy atom. The van der Waals surface area contributed by atoms with Crippen molar-refractivity contribution in [3.05, 3.63) is 65.2 Å². The third-order valence-electron chi connectivity index (χ3n) is 5.93. The first-order valence-corrected chi connectivity index (χ1v) is 11.8. The van der Waals surface area contributed by atoms with Crippen LogP contribution in [0, 0.1) is 11.6 Å². The fourth-order valence-electron chi connectivity index (χ4n) is 4.26. The minimum absolute atomic E-state index is 0.00693. The highest BCUT2D eigenvalue weighted by atomic mass is 32.2. The number of hydrogen-bond donors (Lipinski definition) is 1. The third-order valence-corrected chi connectivity index (χ3v) is 7.83. The molecule has 1 N–H and O–H groups in total. The van der Waals surface area contributed by atoms with Gasteiger partial charge in [0, 0.05) is 26.2 Å². The van der Waals surface area contributed by atoms with Crippen LogP contribution in [0.5, 0.6) is 0 Å². The van der Waals surface area contributed by atoms with E-state index in [2.05, 4.69) is 17.4 Å². The Hall–Kier alpha value is -2.36. The van der Waals surface area contributed by atoms with Gasteiger partial charge in [0.15, 0.2) is 11.6 Å². The molecule has 0 spiro atoms. The molecule has 1 amide bonds. The second-order valence-corrected chi connectivity index (χ2v) is 9.91. The van der Waals surface area contributed by atoms with Gasteiger partial charge in [0.1, 0.15) is 0 Å². The highest BCUT2D eigenvalue weighted by Crippen LogP contribution is 2.29. The fraction of sp³-hybridized carbons (Fsp3) is 0.409. The molecule has 2 aromatic rings. The van der Waals surface area contributed by atoms with E-state index in [1.165, 1.54) is 15.4 Å². The first-order chi connectivity index (χ1) is 14.8. The van der Waals surface area contributed by atoms with Gasteiger partial charge in [-0.05, 0) is 48.6 Å². The summed E-state index contributed by atoms with van der Waals surface area (Å²) in [5, 5.41) is 3.11. The minimum atomic E-state index is -3.91. The molecule has 6 nitrogen and oxygen atoms in total. The Labute approximate surface area is 180 Å². The standard InChI is InChI=1S/C22H25F2N3O3S/c23-19-9-8-17(14-20(19)24)31(29,30)27-12-10-26(11-13-27)15-22(28)25-21-7-3-5-16-4-1-2-6-18(16)21/h1-2,4,6,8-9,14,21H,3,5,7,10-13,15H2,(H,25,28)/t21-/m0/s1. The Balaban J connectivity index is 1.32. The van der Waals surface area contributed by atoms with Gasteiger partial charge in [-0.15, -0.1) is 0 Å². The smallest absolute Gasteiger partial charge is 0.243 e. The first-order valence-electron chi connectivity index (χ1n) is 10.4. The van der Waals surface area contributed by atoms with Crippen molar-refractivity contribution in [1.82, 2.24) is 14.5 Å². The highest BCUT2D eigenvalue weighted by Gasteiger charge is 2.30. The number of carbonyl (C=O) groups excluding carboxylic acids is 1. The molecule has 2 aliphatic rings. The topological polar surface area (TPSA) is 69.7 Å². The summed E-state index contributed by atoms with van der Waals surface area (Å²) in [6.07, 6.45) is 2.96. The van der Waals surface area contributed by atoms with E-state index in [-0.39, 0.29) is 36.5 Å². The number of carbonyl (C=O) groups is 1. The Morgan fingerprint density at radius 3 is 2.52 bits per heavy atom. The van der Waals surface area contributed by atoms with E-state index in [1.807, 2.05) is 17.0 Å². The number of hydrogen-bond acceptors (Lipinski definition) is 4. The molecule has 1 atom stereocenters. The van der Waals surface area contributed by atoms with E-state index < -0.39 is 21.7 Å². The second-order valence-electron chi connectivity index (χ2n) is 7.97. The maximum atomic E-state index is 13.5. The summed E-state index contributed by atoms with van der Waals surface area (Å²) in [5.74, 6) is -2.37. The van der Waals surface area contributed by atoms with Crippen LogP contribution in [0.15, 0.2) is 47.4 Å². The summed E-state index contributed by atoms with van der Waals surface area (Å²) in [4.78, 5) is 14.2. The number of amides is 1. The van der Waals surface area contributed by atoms with Crippen molar-refractivity contribution < 1.29 is 22.0 Å². The lowest BCUT2D eigenvalue weighted by molar-refractivity contribution is -0.123. The van der Waals surface area contributed by atoms with E-state index in [4.69, 9.17) is 0 Å². The van der Waals surface area contributed by atoms with Crippen LogP contribution < -0.4 is 5.32 Å². The lowest BCUT2D eigenvalue weighted by Gasteiger charge is -2.34. The van der Waals surface area contributed by atoms with E-state index in [9.17, 15) is 22.0 Å². The van der Waals surface area contributed by atoms with Crippen molar-refractivity contribution in [2.75, 3.05) is 32.7 Å². The minimum Gasteiger partial charge on any atom is -0.348 e. The Kier molecular flexibility index (Phi) is 6.36. The normalized spacial score (nSPS) is 20.3. The zero-order valence-electron chi connectivity index (χ0n) is 17.1. The summed E-state index contributed by atoms with van der Waals surface area (Å²) in [7, 11) is -3.91. The molecule has 4 rings (SSSR count). The van der Waals surface area contributed by atoms with E-state index in [1.54, 1.807) is 0 Å². The lowest BCUT2D eigenvalue weighted by atomic mass is 9.88. The van der Waals surface area contributed by atoms with Gasteiger partial charge in [0.2, 0.25) is 15.9 Å². The van der Waals surface area contributed by atoms with Crippen LogP contribution in [0.3, 0.4) is 0 Å². The molecule has 0 bridgehead atoms. The molecule has 1 aliphatic carbocycles. The van der Waals surface area contributed by atoms with Crippen LogP contribution >= 0.6 is 0 Å². The second kappa shape index (κ2) is 9.02. The molecule has 1 heterocycles. The van der Waals surface area contributed by atoms with Gasteiger partial charge in [0.05, 0.1) is 17.5 Å². The summed E-state index contributed by atoms with van der Waals surface area (Å²) >= 11 is 0. The molecule has 31 heavy (non-hydrogen) atoms. The highest BCUT2D eigenvalue weighted by molar-refractivity contribution is 7.89. The molecular weight excluding hydrogens is 424 g/mol. The number of piperazine rings is 1. The monoisotopic (exact) mass is 449 g/mol. The van der Waals surface area contributed by atoms with E-state index in [0.29, 0.717) is 19.2 Å². The number of halogens is 2. The van der Waals surface area contributed by atoms with Crippen LogP contribution in [0.1, 0.15) is 30.0 Å². The molecule has 1 aliphatic heterocycles. The summed E-state index contributed by atoms with van der Waals surface area (Å²) in [6, 6.07) is 10.7. The van der Waals surface area contributed by atoms with Crippen molar-refractivity contribution in [3.63, 3.8) is 0 Å². The molecular formula is C22H25F2N3O3S. The van der Waals surface area contributed by atoms with Gasteiger partial charge in [-0.1, -0.05) is 24.3 Å².